The van der Waals surface area contributed by atoms with Crippen molar-refractivity contribution >= 4 is 29.6 Å². The maximum atomic E-state index is 11.8. The fourth-order valence-corrected chi connectivity index (χ4v) is 1.44. The molecule has 0 aliphatic carbocycles. The van der Waals surface area contributed by atoms with Gasteiger partial charge in [-0.25, -0.2) is 4.79 Å². The molecular weight excluding hydrogens is 326 g/mol. The molecule has 0 aromatic heterocycles. The smallest absolute Gasteiger partial charge is 0.326 e. The normalized spacial score (nSPS) is 14.0. The summed E-state index contributed by atoms with van der Waals surface area (Å²) in [6, 6.07) is -3.82. The van der Waals surface area contributed by atoms with Gasteiger partial charge in [-0.15, -0.1) is 0 Å². The SMILES string of the molecule is CC(NC(=O)CNC(=O)C(N)CO)C(=O)NC(CC(N)=O)C(=O)O. The van der Waals surface area contributed by atoms with Crippen LogP contribution < -0.4 is 27.4 Å². The van der Waals surface area contributed by atoms with Crippen LogP contribution in [0.4, 0.5) is 0 Å². The van der Waals surface area contributed by atoms with Crippen molar-refractivity contribution in [3.05, 3.63) is 0 Å². The quantitative estimate of drug-likeness (QED) is 0.203. The fourth-order valence-electron chi connectivity index (χ4n) is 1.44. The van der Waals surface area contributed by atoms with Crippen molar-refractivity contribution < 1.29 is 34.2 Å². The van der Waals surface area contributed by atoms with E-state index < -0.39 is 67.3 Å². The van der Waals surface area contributed by atoms with E-state index in [1.54, 1.807) is 0 Å². The number of hydrogen-bond donors (Lipinski definition) is 7. The van der Waals surface area contributed by atoms with Gasteiger partial charge in [0.15, 0.2) is 0 Å². The third-order valence-electron chi connectivity index (χ3n) is 2.75. The highest BCUT2D eigenvalue weighted by molar-refractivity contribution is 5.93. The minimum atomic E-state index is -1.52. The Morgan fingerprint density at radius 3 is 2.12 bits per heavy atom. The second-order valence-electron chi connectivity index (χ2n) is 4.87. The van der Waals surface area contributed by atoms with Gasteiger partial charge in [-0.05, 0) is 6.92 Å². The first-order chi connectivity index (χ1) is 11.1. The topological polar surface area (TPSA) is 214 Å². The van der Waals surface area contributed by atoms with Crippen molar-refractivity contribution in [3.8, 4) is 0 Å². The van der Waals surface area contributed by atoms with Gasteiger partial charge in [0.2, 0.25) is 23.6 Å². The summed E-state index contributed by atoms with van der Waals surface area (Å²) in [5.74, 6) is -4.71. The van der Waals surface area contributed by atoms with Crippen molar-refractivity contribution in [1.82, 2.24) is 16.0 Å². The second-order valence-corrected chi connectivity index (χ2v) is 4.87. The summed E-state index contributed by atoms with van der Waals surface area (Å²) in [7, 11) is 0. The molecule has 3 unspecified atom stereocenters. The van der Waals surface area contributed by atoms with Gasteiger partial charge in [0.25, 0.3) is 0 Å². The Hall–Kier alpha value is -2.73. The monoisotopic (exact) mass is 347 g/mol. The van der Waals surface area contributed by atoms with E-state index in [0.29, 0.717) is 0 Å². The van der Waals surface area contributed by atoms with E-state index in [-0.39, 0.29) is 0 Å². The van der Waals surface area contributed by atoms with Gasteiger partial charge >= 0.3 is 5.97 Å². The Morgan fingerprint density at radius 1 is 1.08 bits per heavy atom. The number of carboxylic acids is 1. The van der Waals surface area contributed by atoms with Crippen molar-refractivity contribution in [3.63, 3.8) is 0 Å². The molecule has 0 rings (SSSR count). The van der Waals surface area contributed by atoms with Crippen LogP contribution in [0.15, 0.2) is 0 Å². The third kappa shape index (κ3) is 8.05. The van der Waals surface area contributed by atoms with Crippen LogP contribution in [0, 0.1) is 0 Å². The van der Waals surface area contributed by atoms with E-state index in [4.69, 9.17) is 21.7 Å². The lowest BCUT2D eigenvalue weighted by Crippen LogP contribution is -2.53. The van der Waals surface area contributed by atoms with Crippen molar-refractivity contribution in [2.24, 2.45) is 11.5 Å². The highest BCUT2D eigenvalue weighted by atomic mass is 16.4. The molecular formula is C12H21N5O7. The first-order valence-corrected chi connectivity index (χ1v) is 6.83. The molecule has 0 bridgehead atoms. The Balaban J connectivity index is 4.43. The van der Waals surface area contributed by atoms with Crippen molar-refractivity contribution in [2.75, 3.05) is 13.2 Å². The van der Waals surface area contributed by atoms with Gasteiger partial charge in [0.1, 0.15) is 18.1 Å². The lowest BCUT2D eigenvalue weighted by atomic mass is 10.2. The van der Waals surface area contributed by atoms with Crippen LogP contribution in [0.5, 0.6) is 0 Å². The van der Waals surface area contributed by atoms with Gasteiger partial charge in [-0.3, -0.25) is 19.2 Å². The fraction of sp³-hybridized carbons (Fsp3) is 0.583. The van der Waals surface area contributed by atoms with Crippen LogP contribution in [0.3, 0.4) is 0 Å². The van der Waals surface area contributed by atoms with Crippen molar-refractivity contribution in [2.45, 2.75) is 31.5 Å². The number of hydrogen-bond acceptors (Lipinski definition) is 7. The van der Waals surface area contributed by atoms with Gasteiger partial charge in [-0.1, -0.05) is 0 Å². The molecule has 0 fully saturated rings. The number of nitrogens with two attached hydrogens (primary N) is 2. The van der Waals surface area contributed by atoms with Crippen LogP contribution >= 0.6 is 0 Å². The molecule has 24 heavy (non-hydrogen) atoms. The number of carbonyl (C=O) groups excluding carboxylic acids is 4. The van der Waals surface area contributed by atoms with Gasteiger partial charge in [0.05, 0.1) is 19.6 Å². The van der Waals surface area contributed by atoms with Crippen LogP contribution in [0.2, 0.25) is 0 Å². The maximum Gasteiger partial charge on any atom is 0.326 e. The molecule has 12 nitrogen and oxygen atoms in total. The van der Waals surface area contributed by atoms with Crippen LogP contribution in [0.25, 0.3) is 0 Å². The number of aliphatic carboxylic acids is 1. The van der Waals surface area contributed by atoms with Gasteiger partial charge < -0.3 is 37.6 Å². The number of amides is 4. The first-order valence-electron chi connectivity index (χ1n) is 6.83. The highest BCUT2D eigenvalue weighted by Crippen LogP contribution is 1.94. The summed E-state index contributed by atoms with van der Waals surface area (Å²) in [4.78, 5) is 56.3. The molecule has 136 valence electrons. The molecule has 0 saturated carbocycles. The number of aliphatic hydroxyl groups excluding tert-OH is 1. The first kappa shape index (κ1) is 21.3. The summed E-state index contributed by atoms with van der Waals surface area (Å²) < 4.78 is 0. The zero-order valence-corrected chi connectivity index (χ0v) is 12.9. The zero-order valence-electron chi connectivity index (χ0n) is 12.9. The molecule has 3 atom stereocenters. The summed E-state index contributed by atoms with van der Waals surface area (Å²) >= 11 is 0. The molecule has 0 spiro atoms. The number of nitrogens with one attached hydrogen (secondary N) is 3. The average Bonchev–Trinajstić information content (AvgIpc) is 2.50. The molecule has 0 heterocycles. The number of rotatable bonds is 10. The molecule has 9 N–H and O–H groups in total. The second kappa shape index (κ2) is 10.1. The zero-order chi connectivity index (χ0) is 18.9. The van der Waals surface area contributed by atoms with Crippen LogP contribution in [-0.4, -0.2) is 71.1 Å². The largest absolute Gasteiger partial charge is 0.480 e. The Labute approximate surface area is 136 Å². The highest BCUT2D eigenvalue weighted by Gasteiger charge is 2.25. The Bertz CT molecular complexity index is 510. The molecule has 0 aromatic carbocycles. The van der Waals surface area contributed by atoms with Crippen LogP contribution in [0.1, 0.15) is 13.3 Å². The molecule has 0 aliphatic heterocycles. The Kier molecular flexibility index (Phi) is 8.97. The number of carboxylic acid groups (broad SMARTS) is 1. The maximum absolute atomic E-state index is 11.8. The van der Waals surface area contributed by atoms with Crippen molar-refractivity contribution in [1.29, 1.82) is 0 Å². The average molecular weight is 347 g/mol. The third-order valence-corrected chi connectivity index (χ3v) is 2.75. The number of aliphatic hydroxyl groups is 1. The van der Waals surface area contributed by atoms with E-state index in [9.17, 15) is 24.0 Å². The van der Waals surface area contributed by atoms with Gasteiger partial charge in [-0.2, -0.15) is 0 Å². The number of primary amides is 1. The Morgan fingerprint density at radius 2 is 1.67 bits per heavy atom. The number of carbonyl (C=O) groups is 5. The molecule has 0 saturated heterocycles. The van der Waals surface area contributed by atoms with E-state index >= 15 is 0 Å². The predicted molar refractivity (Wildman–Crippen MR) is 79.1 cm³/mol. The summed E-state index contributed by atoms with van der Waals surface area (Å²) in [6.07, 6.45) is -0.600. The van der Waals surface area contributed by atoms with E-state index in [2.05, 4.69) is 16.0 Å². The standard InChI is InChI=1S/C12H21N5O7/c1-5(10(21)17-7(12(23)24)2-8(14)19)16-9(20)3-15-11(22)6(13)4-18/h5-7,18H,2-4,13H2,1H3,(H2,14,19)(H,15,22)(H,16,20)(H,17,21)(H,23,24). The molecule has 12 heteroatoms. The van der Waals surface area contributed by atoms with Crippen LogP contribution in [-0.2, 0) is 24.0 Å². The van der Waals surface area contributed by atoms with E-state index in [1.807, 2.05) is 0 Å². The van der Waals surface area contributed by atoms with E-state index in [0.717, 1.165) is 0 Å². The minimum absolute atomic E-state index is 0.492. The molecule has 0 aromatic rings. The lowest BCUT2D eigenvalue weighted by Gasteiger charge is -2.18. The summed E-state index contributed by atoms with van der Waals surface area (Å²) in [5.41, 5.74) is 10.1. The minimum Gasteiger partial charge on any atom is -0.480 e. The summed E-state index contributed by atoms with van der Waals surface area (Å²) in [6.45, 7) is 0.189. The summed E-state index contributed by atoms with van der Waals surface area (Å²) in [5, 5.41) is 23.9. The van der Waals surface area contributed by atoms with E-state index in [1.165, 1.54) is 6.92 Å². The molecule has 4 amide bonds. The van der Waals surface area contributed by atoms with Gasteiger partial charge in [0, 0.05) is 0 Å². The lowest BCUT2D eigenvalue weighted by molar-refractivity contribution is -0.143. The molecule has 0 radical (unpaired) electrons. The predicted octanol–water partition coefficient (Wildman–Crippen LogP) is -4.63. The molecule has 0 aliphatic rings.